The Morgan fingerprint density at radius 1 is 1.19 bits per heavy atom. The Labute approximate surface area is 179 Å². The molecular weight excluding hydrogens is 396 g/mol. The highest BCUT2D eigenvalue weighted by molar-refractivity contribution is 5.95. The number of piperidine rings is 1. The molecule has 2 aliphatic rings. The van der Waals surface area contributed by atoms with Gasteiger partial charge in [-0.2, -0.15) is 4.68 Å². The molecule has 3 atom stereocenters. The third-order valence-electron chi connectivity index (χ3n) is 6.43. The molecule has 31 heavy (non-hydrogen) atoms. The van der Waals surface area contributed by atoms with Crippen molar-refractivity contribution in [2.24, 2.45) is 0 Å². The molecule has 160 valence electrons. The van der Waals surface area contributed by atoms with Gasteiger partial charge in [-0.15, -0.1) is 5.10 Å². The number of tetrazole rings is 1. The Morgan fingerprint density at radius 3 is 2.65 bits per heavy atom. The van der Waals surface area contributed by atoms with E-state index in [9.17, 15) is 9.90 Å². The number of benzene rings is 1. The molecule has 1 unspecified atom stereocenters. The Kier molecular flexibility index (Phi) is 4.70. The molecule has 2 aliphatic heterocycles. The molecule has 2 fully saturated rings. The maximum absolute atomic E-state index is 13.5. The lowest BCUT2D eigenvalue weighted by Gasteiger charge is -2.44. The highest BCUT2D eigenvalue weighted by Crippen LogP contribution is 2.47. The second-order valence-corrected chi connectivity index (χ2v) is 8.29. The van der Waals surface area contributed by atoms with E-state index in [2.05, 4.69) is 20.5 Å². The molecule has 1 aromatic carbocycles. The summed E-state index contributed by atoms with van der Waals surface area (Å²) in [4.78, 5) is 19.7. The molecule has 2 saturated heterocycles. The minimum atomic E-state index is -1.06. The summed E-state index contributed by atoms with van der Waals surface area (Å²) in [7, 11) is 1.56. The van der Waals surface area contributed by atoms with E-state index in [0.29, 0.717) is 35.7 Å². The largest absolute Gasteiger partial charge is 0.481 e. The number of amides is 1. The molecule has 0 radical (unpaired) electrons. The van der Waals surface area contributed by atoms with Crippen LogP contribution in [0, 0.1) is 6.92 Å². The molecule has 9 heteroatoms. The lowest BCUT2D eigenvalue weighted by atomic mass is 9.80. The van der Waals surface area contributed by atoms with E-state index < -0.39 is 5.60 Å². The van der Waals surface area contributed by atoms with Crippen molar-refractivity contribution in [1.82, 2.24) is 30.1 Å². The van der Waals surface area contributed by atoms with Gasteiger partial charge < -0.3 is 14.7 Å². The fourth-order valence-electron chi connectivity index (χ4n) is 5.07. The number of fused-ring (bicyclic) bond motifs is 2. The SMILES string of the molecule is COc1ncccc1C1(O)C[C@H]2CC[C@@H](C1)N2C(=O)c1cccc(-n2nnnc2C)c1. The van der Waals surface area contributed by atoms with Crippen LogP contribution >= 0.6 is 0 Å². The first-order valence-electron chi connectivity index (χ1n) is 10.4. The number of carbonyl (C=O) groups is 1. The first-order chi connectivity index (χ1) is 15.0. The lowest BCUT2D eigenvalue weighted by molar-refractivity contribution is -0.0494. The summed E-state index contributed by atoms with van der Waals surface area (Å²) in [6.45, 7) is 1.81. The highest BCUT2D eigenvalue weighted by atomic mass is 16.5. The molecule has 0 saturated carbocycles. The first kappa shape index (κ1) is 19.6. The molecule has 2 bridgehead atoms. The van der Waals surface area contributed by atoms with Gasteiger partial charge in [0.1, 0.15) is 0 Å². The zero-order valence-electron chi connectivity index (χ0n) is 17.5. The maximum atomic E-state index is 13.5. The minimum Gasteiger partial charge on any atom is -0.481 e. The van der Waals surface area contributed by atoms with Gasteiger partial charge in [0.2, 0.25) is 5.88 Å². The highest BCUT2D eigenvalue weighted by Gasteiger charge is 2.51. The van der Waals surface area contributed by atoms with Crippen molar-refractivity contribution in [1.29, 1.82) is 0 Å². The summed E-state index contributed by atoms with van der Waals surface area (Å²) < 4.78 is 6.99. The van der Waals surface area contributed by atoms with Gasteiger partial charge in [0, 0.05) is 42.2 Å². The number of nitrogens with zero attached hydrogens (tertiary/aromatic N) is 6. The van der Waals surface area contributed by atoms with Gasteiger partial charge in [-0.1, -0.05) is 6.07 Å². The Bertz CT molecular complexity index is 1120. The van der Waals surface area contributed by atoms with E-state index in [-0.39, 0.29) is 18.0 Å². The van der Waals surface area contributed by atoms with Gasteiger partial charge >= 0.3 is 0 Å². The number of aliphatic hydroxyl groups is 1. The number of pyridine rings is 1. The molecule has 2 aromatic heterocycles. The summed E-state index contributed by atoms with van der Waals surface area (Å²) in [5.41, 5.74) is 0.966. The summed E-state index contributed by atoms with van der Waals surface area (Å²) in [5, 5.41) is 23.1. The van der Waals surface area contributed by atoms with Crippen molar-refractivity contribution in [3.8, 4) is 11.6 Å². The topological polar surface area (TPSA) is 106 Å². The Balaban J connectivity index is 1.42. The molecule has 1 N–H and O–H groups in total. The van der Waals surface area contributed by atoms with Gasteiger partial charge in [-0.3, -0.25) is 4.79 Å². The normalized spacial score (nSPS) is 24.9. The van der Waals surface area contributed by atoms with Gasteiger partial charge in [-0.05, 0) is 60.5 Å². The molecule has 4 heterocycles. The zero-order chi connectivity index (χ0) is 21.6. The molecule has 5 rings (SSSR count). The number of ether oxygens (including phenoxy) is 1. The third kappa shape index (κ3) is 3.25. The minimum absolute atomic E-state index is 0.0275. The molecule has 9 nitrogen and oxygen atoms in total. The fraction of sp³-hybridized carbons (Fsp3) is 0.409. The molecule has 0 spiro atoms. The number of hydrogen-bond acceptors (Lipinski definition) is 7. The van der Waals surface area contributed by atoms with Gasteiger partial charge in [-0.25, -0.2) is 4.98 Å². The summed E-state index contributed by atoms with van der Waals surface area (Å²) in [6, 6.07) is 10.9. The average molecular weight is 420 g/mol. The predicted octanol–water partition coefficient (Wildman–Crippen LogP) is 2.03. The Morgan fingerprint density at radius 2 is 1.97 bits per heavy atom. The molecule has 3 aromatic rings. The predicted molar refractivity (Wildman–Crippen MR) is 111 cm³/mol. The first-order valence-corrected chi connectivity index (χ1v) is 10.4. The molecule has 1 amide bonds. The lowest BCUT2D eigenvalue weighted by Crippen LogP contribution is -2.52. The van der Waals surface area contributed by atoms with E-state index in [1.54, 1.807) is 18.0 Å². The van der Waals surface area contributed by atoms with Crippen LogP contribution in [0.4, 0.5) is 0 Å². The Hall–Kier alpha value is -3.33. The standard InChI is InChI=1S/C22H24N6O3/c1-14-24-25-26-28(14)16-6-3-5-15(11-16)21(29)27-17-8-9-18(27)13-22(30,12-17)19-7-4-10-23-20(19)31-2/h3-7,10-11,17-18,30H,8-9,12-13H2,1-2H3/t17-,18+,22?. The van der Waals surface area contributed by atoms with Crippen LogP contribution in [-0.2, 0) is 5.60 Å². The number of aromatic nitrogens is 5. The summed E-state index contributed by atoms with van der Waals surface area (Å²) >= 11 is 0. The average Bonchev–Trinajstić information content (AvgIpc) is 3.34. The number of methoxy groups -OCH3 is 1. The van der Waals surface area contributed by atoms with Crippen LogP contribution in [0.15, 0.2) is 42.6 Å². The number of carbonyl (C=O) groups excluding carboxylic acids is 1. The second kappa shape index (κ2) is 7.42. The van der Waals surface area contributed by atoms with Crippen LogP contribution in [0.2, 0.25) is 0 Å². The van der Waals surface area contributed by atoms with Gasteiger partial charge in [0.05, 0.1) is 18.4 Å². The van der Waals surface area contributed by atoms with Gasteiger partial charge in [0.15, 0.2) is 5.82 Å². The summed E-state index contributed by atoms with van der Waals surface area (Å²) in [5.74, 6) is 1.06. The van der Waals surface area contributed by atoms with Gasteiger partial charge in [0.25, 0.3) is 5.91 Å². The van der Waals surface area contributed by atoms with E-state index in [4.69, 9.17) is 4.74 Å². The zero-order valence-corrected chi connectivity index (χ0v) is 17.5. The fourth-order valence-corrected chi connectivity index (χ4v) is 5.07. The van der Waals surface area contributed by atoms with Crippen molar-refractivity contribution >= 4 is 5.91 Å². The number of hydrogen-bond donors (Lipinski definition) is 1. The van der Waals surface area contributed by atoms with Crippen LogP contribution in [-0.4, -0.2) is 60.3 Å². The van der Waals surface area contributed by atoms with Crippen LogP contribution in [0.3, 0.4) is 0 Å². The van der Waals surface area contributed by atoms with Crippen LogP contribution in [0.5, 0.6) is 5.88 Å². The van der Waals surface area contributed by atoms with E-state index in [1.807, 2.05) is 48.2 Å². The monoisotopic (exact) mass is 420 g/mol. The van der Waals surface area contributed by atoms with E-state index >= 15 is 0 Å². The van der Waals surface area contributed by atoms with Crippen molar-refractivity contribution < 1.29 is 14.6 Å². The van der Waals surface area contributed by atoms with Crippen molar-refractivity contribution in [2.45, 2.75) is 50.3 Å². The van der Waals surface area contributed by atoms with Crippen LogP contribution in [0.25, 0.3) is 5.69 Å². The third-order valence-corrected chi connectivity index (χ3v) is 6.43. The van der Waals surface area contributed by atoms with Crippen molar-refractivity contribution in [3.63, 3.8) is 0 Å². The quantitative estimate of drug-likeness (QED) is 0.688. The van der Waals surface area contributed by atoms with Crippen molar-refractivity contribution in [2.75, 3.05) is 7.11 Å². The van der Waals surface area contributed by atoms with Crippen LogP contribution < -0.4 is 4.74 Å². The number of aryl methyl sites for hydroxylation is 1. The van der Waals surface area contributed by atoms with Crippen molar-refractivity contribution in [3.05, 3.63) is 59.5 Å². The summed E-state index contributed by atoms with van der Waals surface area (Å²) in [6.07, 6.45) is 4.31. The smallest absolute Gasteiger partial charge is 0.254 e. The van der Waals surface area contributed by atoms with Crippen LogP contribution in [0.1, 0.15) is 47.4 Å². The second-order valence-electron chi connectivity index (χ2n) is 8.29. The number of rotatable bonds is 4. The molecular formula is C22H24N6O3. The maximum Gasteiger partial charge on any atom is 0.254 e. The van der Waals surface area contributed by atoms with E-state index in [1.165, 1.54) is 0 Å². The van der Waals surface area contributed by atoms with E-state index in [0.717, 1.165) is 18.5 Å². The molecule has 0 aliphatic carbocycles.